The van der Waals surface area contributed by atoms with Crippen molar-refractivity contribution in [3.8, 4) is 5.75 Å². The maximum absolute atomic E-state index is 13.4. The molecule has 4 heteroatoms. The molecule has 0 unspecified atom stereocenters. The van der Waals surface area contributed by atoms with Gasteiger partial charge in [0.1, 0.15) is 17.4 Å². The van der Waals surface area contributed by atoms with Crippen LogP contribution in [0.3, 0.4) is 0 Å². The molecule has 0 aliphatic rings. The Morgan fingerprint density at radius 3 is 2.48 bits per heavy atom. The van der Waals surface area contributed by atoms with Crippen LogP contribution in [0.2, 0.25) is 0 Å². The zero-order valence-electron chi connectivity index (χ0n) is 12.0. The van der Waals surface area contributed by atoms with E-state index < -0.39 is 11.6 Å². The number of unbranched alkanes of at least 4 members (excludes halogenated alkanes) is 1. The van der Waals surface area contributed by atoms with Crippen molar-refractivity contribution in [2.75, 3.05) is 18.5 Å². The van der Waals surface area contributed by atoms with Gasteiger partial charge in [0.15, 0.2) is 0 Å². The Hall–Kier alpha value is -2.10. The van der Waals surface area contributed by atoms with E-state index in [-0.39, 0.29) is 0 Å². The van der Waals surface area contributed by atoms with Crippen molar-refractivity contribution in [3.63, 3.8) is 0 Å². The maximum atomic E-state index is 13.4. The number of benzene rings is 2. The number of ether oxygens (including phenoxy) is 1. The molecular weight excluding hydrogens is 272 g/mol. The van der Waals surface area contributed by atoms with Crippen molar-refractivity contribution in [1.82, 2.24) is 0 Å². The zero-order chi connectivity index (χ0) is 15.1. The first-order valence-corrected chi connectivity index (χ1v) is 7.03. The number of nitrogens with one attached hydrogen (secondary N) is 1. The average molecular weight is 291 g/mol. The summed E-state index contributed by atoms with van der Waals surface area (Å²) in [6.07, 6.45) is 1.71. The van der Waals surface area contributed by atoms with Crippen LogP contribution in [0.1, 0.15) is 18.4 Å². The van der Waals surface area contributed by atoms with E-state index in [0.717, 1.165) is 24.7 Å². The van der Waals surface area contributed by atoms with Crippen molar-refractivity contribution in [1.29, 1.82) is 0 Å². The van der Waals surface area contributed by atoms with Gasteiger partial charge in [-0.3, -0.25) is 0 Å². The molecule has 0 fully saturated rings. The van der Waals surface area contributed by atoms with Gasteiger partial charge in [0.2, 0.25) is 0 Å². The lowest BCUT2D eigenvalue weighted by molar-refractivity contribution is 0.308. The van der Waals surface area contributed by atoms with Gasteiger partial charge < -0.3 is 10.1 Å². The predicted molar refractivity (Wildman–Crippen MR) is 80.8 cm³/mol. The fourth-order valence-corrected chi connectivity index (χ4v) is 1.91. The maximum Gasteiger partial charge on any atom is 0.149 e. The van der Waals surface area contributed by atoms with Gasteiger partial charge >= 0.3 is 0 Å². The minimum absolute atomic E-state index is 0.329. The first kappa shape index (κ1) is 15.3. The van der Waals surface area contributed by atoms with Crippen LogP contribution in [-0.2, 0) is 0 Å². The average Bonchev–Trinajstić information content (AvgIpc) is 2.46. The molecule has 2 nitrogen and oxygen atoms in total. The highest BCUT2D eigenvalue weighted by Crippen LogP contribution is 2.15. The van der Waals surface area contributed by atoms with Crippen molar-refractivity contribution in [3.05, 3.63) is 59.7 Å². The summed E-state index contributed by atoms with van der Waals surface area (Å²) in [5.74, 6) is -0.270. The van der Waals surface area contributed by atoms with Crippen LogP contribution in [-0.4, -0.2) is 13.2 Å². The molecule has 0 radical (unpaired) electrons. The van der Waals surface area contributed by atoms with Crippen LogP contribution in [0.4, 0.5) is 14.5 Å². The number of hydrogen-bond donors (Lipinski definition) is 1. The lowest BCUT2D eigenvalue weighted by Crippen LogP contribution is -2.06. The summed E-state index contributed by atoms with van der Waals surface area (Å²) < 4.78 is 31.7. The van der Waals surface area contributed by atoms with E-state index in [2.05, 4.69) is 5.32 Å². The molecule has 112 valence electrons. The van der Waals surface area contributed by atoms with E-state index in [9.17, 15) is 8.78 Å². The molecular formula is C17H19F2NO. The Labute approximate surface area is 123 Å². The number of halogens is 2. The monoisotopic (exact) mass is 291 g/mol. The molecule has 0 saturated carbocycles. The van der Waals surface area contributed by atoms with E-state index in [1.165, 1.54) is 17.7 Å². The fraction of sp³-hybridized carbons (Fsp3) is 0.294. The molecule has 0 bridgehead atoms. The Morgan fingerprint density at radius 1 is 1.00 bits per heavy atom. The number of hydrogen-bond acceptors (Lipinski definition) is 2. The molecule has 0 amide bonds. The van der Waals surface area contributed by atoms with Crippen LogP contribution >= 0.6 is 0 Å². The Kier molecular flexibility index (Phi) is 5.55. The SMILES string of the molecule is Cc1ccc(OCCCCNc2ccc(F)cc2F)cc1. The minimum atomic E-state index is -0.565. The number of anilines is 1. The normalized spacial score (nSPS) is 10.4. The molecule has 0 aromatic heterocycles. The third-order valence-electron chi connectivity index (χ3n) is 3.11. The second-order valence-corrected chi connectivity index (χ2v) is 4.92. The van der Waals surface area contributed by atoms with Crippen molar-refractivity contribution in [2.45, 2.75) is 19.8 Å². The number of rotatable bonds is 7. The van der Waals surface area contributed by atoms with Gasteiger partial charge in [-0.25, -0.2) is 8.78 Å². The Bertz CT molecular complexity index is 570. The zero-order valence-corrected chi connectivity index (χ0v) is 12.0. The smallest absolute Gasteiger partial charge is 0.149 e. The van der Waals surface area contributed by atoms with Gasteiger partial charge in [-0.2, -0.15) is 0 Å². The molecule has 2 aromatic carbocycles. The van der Waals surface area contributed by atoms with Crippen molar-refractivity contribution in [2.24, 2.45) is 0 Å². The summed E-state index contributed by atoms with van der Waals surface area (Å²) in [5.41, 5.74) is 1.53. The highest BCUT2D eigenvalue weighted by Gasteiger charge is 2.02. The molecule has 0 spiro atoms. The molecule has 0 heterocycles. The molecule has 0 aliphatic carbocycles. The quantitative estimate of drug-likeness (QED) is 0.756. The van der Waals surface area contributed by atoms with Gasteiger partial charge in [0.05, 0.1) is 12.3 Å². The lowest BCUT2D eigenvalue weighted by Gasteiger charge is -2.09. The highest BCUT2D eigenvalue weighted by atomic mass is 19.1. The van der Waals surface area contributed by atoms with E-state index in [1.807, 2.05) is 31.2 Å². The van der Waals surface area contributed by atoms with E-state index in [0.29, 0.717) is 18.8 Å². The van der Waals surface area contributed by atoms with E-state index in [1.54, 1.807) is 0 Å². The summed E-state index contributed by atoms with van der Waals surface area (Å²) in [4.78, 5) is 0. The molecule has 21 heavy (non-hydrogen) atoms. The van der Waals surface area contributed by atoms with Crippen molar-refractivity contribution < 1.29 is 13.5 Å². The predicted octanol–water partition coefficient (Wildman–Crippen LogP) is 4.54. The summed E-state index contributed by atoms with van der Waals surface area (Å²) in [6, 6.07) is 11.4. The van der Waals surface area contributed by atoms with Gasteiger partial charge in [-0.15, -0.1) is 0 Å². The molecule has 0 atom stereocenters. The van der Waals surface area contributed by atoms with E-state index >= 15 is 0 Å². The largest absolute Gasteiger partial charge is 0.494 e. The topological polar surface area (TPSA) is 21.3 Å². The second kappa shape index (κ2) is 7.62. The summed E-state index contributed by atoms with van der Waals surface area (Å²) in [6.45, 7) is 3.28. The first-order valence-electron chi connectivity index (χ1n) is 7.03. The van der Waals surface area contributed by atoms with E-state index in [4.69, 9.17) is 4.74 Å². The van der Waals surface area contributed by atoms with Crippen molar-refractivity contribution >= 4 is 5.69 Å². The van der Waals surface area contributed by atoms with Gasteiger partial charge in [-0.1, -0.05) is 17.7 Å². The summed E-state index contributed by atoms with van der Waals surface area (Å²) in [7, 11) is 0. The first-order chi connectivity index (χ1) is 10.1. The van der Waals surface area contributed by atoms with Gasteiger partial charge in [0.25, 0.3) is 0 Å². The van der Waals surface area contributed by atoms with Crippen LogP contribution in [0, 0.1) is 18.6 Å². The van der Waals surface area contributed by atoms with Crippen LogP contribution in [0.25, 0.3) is 0 Å². The Balaban J connectivity index is 1.63. The van der Waals surface area contributed by atoms with Gasteiger partial charge in [-0.05, 0) is 44.0 Å². The second-order valence-electron chi connectivity index (χ2n) is 4.92. The lowest BCUT2D eigenvalue weighted by atomic mass is 10.2. The molecule has 0 saturated heterocycles. The van der Waals surface area contributed by atoms with Crippen LogP contribution < -0.4 is 10.1 Å². The molecule has 0 aliphatic heterocycles. The molecule has 1 N–H and O–H groups in total. The third kappa shape index (κ3) is 5.06. The molecule has 2 aromatic rings. The fourth-order valence-electron chi connectivity index (χ4n) is 1.91. The third-order valence-corrected chi connectivity index (χ3v) is 3.11. The minimum Gasteiger partial charge on any atom is -0.494 e. The summed E-state index contributed by atoms with van der Waals surface area (Å²) >= 11 is 0. The highest BCUT2D eigenvalue weighted by molar-refractivity contribution is 5.44. The van der Waals surface area contributed by atoms with Crippen LogP contribution in [0.15, 0.2) is 42.5 Å². The standard InChI is InChI=1S/C17H19F2NO/c1-13-4-7-15(8-5-13)21-11-3-2-10-20-17-9-6-14(18)12-16(17)19/h4-9,12,20H,2-3,10-11H2,1H3. The van der Waals surface area contributed by atoms with Gasteiger partial charge in [0, 0.05) is 12.6 Å². The molecule has 2 rings (SSSR count). The number of aryl methyl sites for hydroxylation is 1. The Morgan fingerprint density at radius 2 is 1.76 bits per heavy atom. The summed E-state index contributed by atoms with van der Waals surface area (Å²) in [5, 5.41) is 2.95. The van der Waals surface area contributed by atoms with Crippen LogP contribution in [0.5, 0.6) is 5.75 Å².